The second kappa shape index (κ2) is 11.7. The Labute approximate surface area is 223 Å². The van der Waals surface area contributed by atoms with Crippen LogP contribution < -0.4 is 10.1 Å². The summed E-state index contributed by atoms with van der Waals surface area (Å²) < 4.78 is 10.9. The summed E-state index contributed by atoms with van der Waals surface area (Å²) in [5.74, 6) is -1.13. The van der Waals surface area contributed by atoms with Crippen LogP contribution in [0.1, 0.15) is 42.7 Å². The summed E-state index contributed by atoms with van der Waals surface area (Å²) in [6.07, 6.45) is -1.21. The van der Waals surface area contributed by atoms with Crippen LogP contribution in [0.3, 0.4) is 0 Å². The molecule has 0 radical (unpaired) electrons. The molecule has 6 nitrogen and oxygen atoms in total. The zero-order chi connectivity index (χ0) is 26.4. The Morgan fingerprint density at radius 3 is 2.14 bits per heavy atom. The quantitative estimate of drug-likeness (QED) is 0.194. The molecule has 0 bridgehead atoms. The average molecular weight is 534 g/mol. The molecule has 1 N–H and O–H groups in total. The van der Waals surface area contributed by atoms with Crippen molar-refractivity contribution in [1.29, 1.82) is 0 Å². The van der Waals surface area contributed by atoms with Gasteiger partial charge in [-0.1, -0.05) is 65.7 Å². The van der Waals surface area contributed by atoms with Crippen molar-refractivity contribution in [3.05, 3.63) is 129 Å². The summed E-state index contributed by atoms with van der Waals surface area (Å²) >= 11 is 12.1. The fraction of sp³-hybridized carbons (Fsp3) is 0.0690. The predicted molar refractivity (Wildman–Crippen MR) is 143 cm³/mol. The Bertz CT molecular complexity index is 1440. The van der Waals surface area contributed by atoms with Gasteiger partial charge in [-0.2, -0.15) is 0 Å². The molecule has 0 spiro atoms. The highest BCUT2D eigenvalue weighted by atomic mass is 35.5. The van der Waals surface area contributed by atoms with Crippen molar-refractivity contribution in [2.75, 3.05) is 12.4 Å². The summed E-state index contributed by atoms with van der Waals surface area (Å²) in [7, 11) is 1.53. The molecule has 37 heavy (non-hydrogen) atoms. The van der Waals surface area contributed by atoms with Crippen LogP contribution in [0.2, 0.25) is 10.0 Å². The van der Waals surface area contributed by atoms with Gasteiger partial charge in [-0.3, -0.25) is 9.59 Å². The zero-order valence-electron chi connectivity index (χ0n) is 19.6. The number of hydrogen-bond acceptors (Lipinski definition) is 5. The molecule has 0 saturated heterocycles. The number of Topliss-reactive ketones (excluding diaryl/α,β-unsaturated/α-hetero) is 1. The summed E-state index contributed by atoms with van der Waals surface area (Å²) in [4.78, 5) is 39.6. The maximum atomic E-state index is 13.4. The third-order valence-corrected chi connectivity index (χ3v) is 6.06. The van der Waals surface area contributed by atoms with E-state index in [1.807, 2.05) is 0 Å². The second-order valence-electron chi connectivity index (χ2n) is 7.91. The number of nitrogens with one attached hydrogen (secondary N) is 1. The molecule has 4 aromatic rings. The molecule has 1 amide bonds. The lowest BCUT2D eigenvalue weighted by Crippen LogP contribution is -2.22. The SMILES string of the molecule is COc1ccc(C(=O)C(OC(=O)c2ccccc2NC(=O)c2ccc(Cl)cc2Cl)c2ccccc2)cc1. The van der Waals surface area contributed by atoms with Crippen LogP contribution in [0.5, 0.6) is 5.75 Å². The van der Waals surface area contributed by atoms with Crippen molar-refractivity contribution >= 4 is 46.5 Å². The van der Waals surface area contributed by atoms with Crippen LogP contribution in [-0.2, 0) is 4.74 Å². The van der Waals surface area contributed by atoms with Gasteiger partial charge in [-0.15, -0.1) is 0 Å². The lowest BCUT2D eigenvalue weighted by molar-refractivity contribution is 0.0281. The number of esters is 1. The van der Waals surface area contributed by atoms with Gasteiger partial charge in [0.1, 0.15) is 5.75 Å². The van der Waals surface area contributed by atoms with Crippen LogP contribution in [0.25, 0.3) is 0 Å². The number of para-hydroxylation sites is 1. The fourth-order valence-electron chi connectivity index (χ4n) is 3.61. The highest BCUT2D eigenvalue weighted by molar-refractivity contribution is 6.37. The summed E-state index contributed by atoms with van der Waals surface area (Å²) in [5.41, 5.74) is 1.32. The van der Waals surface area contributed by atoms with Crippen LogP contribution in [-0.4, -0.2) is 24.8 Å². The number of amides is 1. The highest BCUT2D eigenvalue weighted by Gasteiger charge is 2.28. The average Bonchev–Trinajstić information content (AvgIpc) is 2.92. The van der Waals surface area contributed by atoms with Crippen molar-refractivity contribution < 1.29 is 23.9 Å². The van der Waals surface area contributed by atoms with E-state index in [4.69, 9.17) is 32.7 Å². The molecule has 8 heteroatoms. The topological polar surface area (TPSA) is 81.7 Å². The van der Waals surface area contributed by atoms with Gasteiger partial charge in [-0.25, -0.2) is 4.79 Å². The van der Waals surface area contributed by atoms with E-state index in [1.54, 1.807) is 72.8 Å². The molecular weight excluding hydrogens is 513 g/mol. The minimum Gasteiger partial charge on any atom is -0.497 e. The van der Waals surface area contributed by atoms with Crippen LogP contribution in [0.4, 0.5) is 5.69 Å². The van der Waals surface area contributed by atoms with E-state index in [0.717, 1.165) is 0 Å². The smallest absolute Gasteiger partial charge is 0.341 e. The number of ether oxygens (including phenoxy) is 2. The molecule has 0 fully saturated rings. The molecule has 0 aromatic heterocycles. The number of ketones is 1. The monoisotopic (exact) mass is 533 g/mol. The first-order chi connectivity index (χ1) is 17.9. The molecule has 186 valence electrons. The third-order valence-electron chi connectivity index (χ3n) is 5.51. The van der Waals surface area contributed by atoms with E-state index in [2.05, 4.69) is 5.32 Å². The Kier molecular flexibility index (Phi) is 8.23. The fourth-order valence-corrected chi connectivity index (χ4v) is 4.11. The van der Waals surface area contributed by atoms with E-state index in [0.29, 0.717) is 21.9 Å². The number of carbonyl (C=O) groups excluding carboxylic acids is 3. The number of halogens is 2. The Morgan fingerprint density at radius 1 is 0.784 bits per heavy atom. The molecule has 1 atom stereocenters. The number of carbonyl (C=O) groups is 3. The standard InChI is InChI=1S/C29H21Cl2NO5/c1-36-21-14-11-18(12-15-21)26(33)27(19-7-3-2-4-8-19)37-29(35)23-9-5-6-10-25(23)32-28(34)22-16-13-20(30)17-24(22)31/h2-17,27H,1H3,(H,32,34). The first-order valence-corrected chi connectivity index (χ1v) is 11.9. The lowest BCUT2D eigenvalue weighted by Gasteiger charge is -2.19. The summed E-state index contributed by atoms with van der Waals surface area (Å²) in [6, 6.07) is 26.1. The molecule has 1 unspecified atom stereocenters. The lowest BCUT2D eigenvalue weighted by atomic mass is 9.99. The molecule has 4 rings (SSSR count). The van der Waals surface area contributed by atoms with Crippen molar-refractivity contribution in [3.63, 3.8) is 0 Å². The number of hydrogen-bond donors (Lipinski definition) is 1. The van der Waals surface area contributed by atoms with Crippen LogP contribution in [0, 0.1) is 0 Å². The maximum absolute atomic E-state index is 13.4. The van der Waals surface area contributed by atoms with Crippen molar-refractivity contribution in [1.82, 2.24) is 0 Å². The van der Waals surface area contributed by atoms with Gasteiger partial charge in [0, 0.05) is 16.1 Å². The molecule has 0 heterocycles. The van der Waals surface area contributed by atoms with Crippen molar-refractivity contribution in [2.24, 2.45) is 0 Å². The van der Waals surface area contributed by atoms with Crippen LogP contribution >= 0.6 is 23.2 Å². The summed E-state index contributed by atoms with van der Waals surface area (Å²) in [5, 5.41) is 3.24. The largest absolute Gasteiger partial charge is 0.497 e. The van der Waals surface area contributed by atoms with Gasteiger partial charge in [-0.05, 0) is 54.6 Å². The molecule has 0 saturated carbocycles. The first-order valence-electron chi connectivity index (χ1n) is 11.2. The van der Waals surface area contributed by atoms with Gasteiger partial charge >= 0.3 is 5.97 Å². The van der Waals surface area contributed by atoms with Gasteiger partial charge < -0.3 is 14.8 Å². The van der Waals surface area contributed by atoms with Gasteiger partial charge in [0.25, 0.3) is 5.91 Å². The second-order valence-corrected chi connectivity index (χ2v) is 8.76. The molecule has 0 aliphatic carbocycles. The summed E-state index contributed by atoms with van der Waals surface area (Å²) in [6.45, 7) is 0. The minimum absolute atomic E-state index is 0.0735. The van der Waals surface area contributed by atoms with E-state index in [9.17, 15) is 14.4 Å². The normalized spacial score (nSPS) is 11.3. The molecule has 0 aliphatic heterocycles. The van der Waals surface area contributed by atoms with E-state index in [1.165, 1.54) is 31.4 Å². The minimum atomic E-state index is -1.21. The van der Waals surface area contributed by atoms with E-state index >= 15 is 0 Å². The number of rotatable bonds is 8. The van der Waals surface area contributed by atoms with Gasteiger partial charge in [0.05, 0.1) is 28.9 Å². The van der Waals surface area contributed by atoms with Crippen molar-refractivity contribution in [3.8, 4) is 5.75 Å². The molecule has 0 aliphatic rings. The van der Waals surface area contributed by atoms with Crippen LogP contribution in [0.15, 0.2) is 97.1 Å². The molecular formula is C29H21Cl2NO5. The predicted octanol–water partition coefficient (Wildman–Crippen LogP) is 7.04. The van der Waals surface area contributed by atoms with Gasteiger partial charge in [0.2, 0.25) is 5.78 Å². The van der Waals surface area contributed by atoms with Crippen molar-refractivity contribution in [2.45, 2.75) is 6.10 Å². The Balaban J connectivity index is 1.61. The maximum Gasteiger partial charge on any atom is 0.341 e. The van der Waals surface area contributed by atoms with Gasteiger partial charge in [0.15, 0.2) is 6.10 Å². The number of anilines is 1. The Morgan fingerprint density at radius 2 is 1.46 bits per heavy atom. The zero-order valence-corrected chi connectivity index (χ0v) is 21.1. The number of benzene rings is 4. The third kappa shape index (κ3) is 6.17. The number of methoxy groups -OCH3 is 1. The van der Waals surface area contributed by atoms with E-state index in [-0.39, 0.29) is 21.8 Å². The Hall–Kier alpha value is -4.13. The first kappa shape index (κ1) is 25.9. The molecule has 4 aromatic carbocycles. The highest BCUT2D eigenvalue weighted by Crippen LogP contribution is 2.28. The van der Waals surface area contributed by atoms with E-state index < -0.39 is 23.8 Å².